The molecule has 1 aromatic carbocycles. The van der Waals surface area contributed by atoms with Gasteiger partial charge in [0, 0.05) is 23.6 Å². The van der Waals surface area contributed by atoms with E-state index in [0.717, 1.165) is 25.9 Å². The molecule has 0 bridgehead atoms. The van der Waals surface area contributed by atoms with Gasteiger partial charge in [0.2, 0.25) is 0 Å². The summed E-state index contributed by atoms with van der Waals surface area (Å²) < 4.78 is 13.5. The average molecular weight is 352 g/mol. The fourth-order valence-electron chi connectivity index (χ4n) is 2.20. The Morgan fingerprint density at radius 2 is 2.05 bits per heavy atom. The number of benzene rings is 1. The predicted molar refractivity (Wildman–Crippen MR) is 79.3 cm³/mol. The number of hydrogen-bond acceptors (Lipinski definition) is 2. The van der Waals surface area contributed by atoms with Crippen molar-refractivity contribution >= 4 is 34.2 Å². The summed E-state index contributed by atoms with van der Waals surface area (Å²) in [5, 5.41) is 3.23. The minimum absolute atomic E-state index is 0. The van der Waals surface area contributed by atoms with Crippen molar-refractivity contribution in [3.63, 3.8) is 0 Å². The van der Waals surface area contributed by atoms with Gasteiger partial charge in [0.05, 0.1) is 5.56 Å². The Kier molecular flexibility index (Phi) is 6.23. The Morgan fingerprint density at radius 3 is 2.58 bits per heavy atom. The number of halogens is 3. The molecular formula is C13H17BrClFN2O. The third-order valence-electron chi connectivity index (χ3n) is 3.35. The van der Waals surface area contributed by atoms with Crippen molar-refractivity contribution in [1.29, 1.82) is 0 Å². The second-order valence-electron chi connectivity index (χ2n) is 4.48. The first kappa shape index (κ1) is 16.4. The highest BCUT2D eigenvalue weighted by Crippen LogP contribution is 2.21. The van der Waals surface area contributed by atoms with Gasteiger partial charge in [0.1, 0.15) is 5.82 Å². The molecule has 1 amide bonds. The normalized spacial score (nSPS) is 16.1. The highest BCUT2D eigenvalue weighted by atomic mass is 79.9. The summed E-state index contributed by atoms with van der Waals surface area (Å²) in [5.74, 6) is -0.372. The number of nitrogens with zero attached hydrogens (tertiary/aromatic N) is 1. The molecule has 0 unspecified atom stereocenters. The number of hydrogen-bond donors (Lipinski definition) is 1. The van der Waals surface area contributed by atoms with E-state index in [1.54, 1.807) is 0 Å². The number of carbonyl (C=O) groups excluding carboxylic acids is 1. The van der Waals surface area contributed by atoms with Crippen LogP contribution >= 0.6 is 28.3 Å². The van der Waals surface area contributed by atoms with E-state index < -0.39 is 0 Å². The minimum atomic E-state index is -0.340. The van der Waals surface area contributed by atoms with Crippen LogP contribution in [0.3, 0.4) is 0 Å². The van der Waals surface area contributed by atoms with Crippen LogP contribution < -0.4 is 5.32 Å². The van der Waals surface area contributed by atoms with E-state index in [1.165, 1.54) is 18.2 Å². The molecule has 1 N–H and O–H groups in total. The number of nitrogens with one attached hydrogen (secondary N) is 1. The van der Waals surface area contributed by atoms with Gasteiger partial charge in [-0.3, -0.25) is 4.79 Å². The topological polar surface area (TPSA) is 32.3 Å². The van der Waals surface area contributed by atoms with Crippen LogP contribution in [0.1, 0.15) is 23.2 Å². The van der Waals surface area contributed by atoms with E-state index in [2.05, 4.69) is 21.2 Å². The summed E-state index contributed by atoms with van der Waals surface area (Å²) in [6, 6.07) is 4.67. The maximum atomic E-state index is 13.0. The van der Waals surface area contributed by atoms with Gasteiger partial charge in [0.15, 0.2) is 0 Å². The molecule has 6 heteroatoms. The van der Waals surface area contributed by atoms with Gasteiger partial charge < -0.3 is 10.2 Å². The minimum Gasteiger partial charge on any atom is -0.338 e. The van der Waals surface area contributed by atoms with Gasteiger partial charge in [-0.25, -0.2) is 4.39 Å². The van der Waals surface area contributed by atoms with Gasteiger partial charge >= 0.3 is 0 Å². The molecule has 1 fully saturated rings. The van der Waals surface area contributed by atoms with Gasteiger partial charge in [-0.1, -0.05) is 0 Å². The third-order valence-corrected chi connectivity index (χ3v) is 4.01. The Hall–Kier alpha value is -0.650. The van der Waals surface area contributed by atoms with Crippen LogP contribution in [-0.4, -0.2) is 37.0 Å². The van der Waals surface area contributed by atoms with E-state index in [-0.39, 0.29) is 24.1 Å². The Bertz CT molecular complexity index is 450. The van der Waals surface area contributed by atoms with Crippen LogP contribution in [0.15, 0.2) is 22.7 Å². The third kappa shape index (κ3) is 3.91. The number of likely N-dealkylation sites (tertiary alicyclic amines) is 1. The van der Waals surface area contributed by atoms with Crippen LogP contribution in [0.25, 0.3) is 0 Å². The quantitative estimate of drug-likeness (QED) is 0.888. The average Bonchev–Trinajstić information content (AvgIpc) is 2.38. The van der Waals surface area contributed by atoms with E-state index in [1.807, 2.05) is 11.9 Å². The lowest BCUT2D eigenvalue weighted by molar-refractivity contribution is 0.0706. The molecule has 3 nitrogen and oxygen atoms in total. The van der Waals surface area contributed by atoms with E-state index in [4.69, 9.17) is 0 Å². The van der Waals surface area contributed by atoms with E-state index >= 15 is 0 Å². The predicted octanol–water partition coefficient (Wildman–Crippen LogP) is 2.83. The molecule has 0 aliphatic carbocycles. The van der Waals surface area contributed by atoms with Crippen molar-refractivity contribution in [3.8, 4) is 0 Å². The lowest BCUT2D eigenvalue weighted by Crippen LogP contribution is -2.44. The molecule has 0 saturated carbocycles. The number of rotatable bonds is 2. The van der Waals surface area contributed by atoms with Crippen LogP contribution in [0.4, 0.5) is 4.39 Å². The van der Waals surface area contributed by atoms with Crippen molar-refractivity contribution in [2.75, 3.05) is 20.1 Å². The summed E-state index contributed by atoms with van der Waals surface area (Å²) in [4.78, 5) is 14.1. The summed E-state index contributed by atoms with van der Waals surface area (Å²) in [6.07, 6.45) is 1.92. The monoisotopic (exact) mass is 350 g/mol. The van der Waals surface area contributed by atoms with Crippen molar-refractivity contribution in [2.24, 2.45) is 0 Å². The van der Waals surface area contributed by atoms with Gasteiger partial charge in [-0.05, 0) is 54.0 Å². The zero-order valence-corrected chi connectivity index (χ0v) is 13.1. The largest absolute Gasteiger partial charge is 0.338 e. The lowest BCUT2D eigenvalue weighted by Gasteiger charge is -2.32. The zero-order valence-electron chi connectivity index (χ0n) is 10.7. The first-order valence-corrected chi connectivity index (χ1v) is 6.82. The van der Waals surface area contributed by atoms with Crippen molar-refractivity contribution < 1.29 is 9.18 Å². The van der Waals surface area contributed by atoms with Gasteiger partial charge in [0.25, 0.3) is 5.91 Å². The Morgan fingerprint density at radius 1 is 1.42 bits per heavy atom. The SMILES string of the molecule is CNC1CCN(C(=O)c2ccc(F)cc2Br)CC1.Cl. The number of carbonyl (C=O) groups is 1. The summed E-state index contributed by atoms with van der Waals surface area (Å²) in [6.45, 7) is 1.49. The van der Waals surface area contributed by atoms with Crippen molar-refractivity contribution in [1.82, 2.24) is 10.2 Å². The van der Waals surface area contributed by atoms with Crippen LogP contribution in [0.2, 0.25) is 0 Å². The van der Waals surface area contributed by atoms with Crippen LogP contribution in [-0.2, 0) is 0 Å². The van der Waals surface area contributed by atoms with Crippen molar-refractivity contribution in [3.05, 3.63) is 34.1 Å². The molecule has 1 aliphatic rings. The Balaban J connectivity index is 0.00000180. The first-order valence-electron chi connectivity index (χ1n) is 6.03. The number of piperidine rings is 1. The highest BCUT2D eigenvalue weighted by molar-refractivity contribution is 9.10. The Labute approximate surface area is 127 Å². The molecule has 0 aromatic heterocycles. The highest BCUT2D eigenvalue weighted by Gasteiger charge is 2.23. The summed E-state index contributed by atoms with van der Waals surface area (Å²) in [5.41, 5.74) is 0.527. The molecular weight excluding hydrogens is 335 g/mol. The molecule has 0 radical (unpaired) electrons. The summed E-state index contributed by atoms with van der Waals surface area (Å²) >= 11 is 3.24. The second kappa shape index (κ2) is 7.22. The smallest absolute Gasteiger partial charge is 0.255 e. The van der Waals surface area contributed by atoms with Crippen molar-refractivity contribution in [2.45, 2.75) is 18.9 Å². The molecule has 106 valence electrons. The first-order chi connectivity index (χ1) is 8.61. The molecule has 1 saturated heterocycles. The summed E-state index contributed by atoms with van der Waals surface area (Å²) in [7, 11) is 1.94. The molecule has 0 atom stereocenters. The fourth-order valence-corrected chi connectivity index (χ4v) is 2.72. The molecule has 1 heterocycles. The van der Waals surface area contributed by atoms with Gasteiger partial charge in [-0.15, -0.1) is 12.4 Å². The molecule has 2 rings (SSSR count). The van der Waals surface area contributed by atoms with E-state index in [0.29, 0.717) is 16.1 Å². The second-order valence-corrected chi connectivity index (χ2v) is 5.33. The van der Waals surface area contributed by atoms with Crippen LogP contribution in [0, 0.1) is 5.82 Å². The van der Waals surface area contributed by atoms with Gasteiger partial charge in [-0.2, -0.15) is 0 Å². The van der Waals surface area contributed by atoms with Crippen LogP contribution in [0.5, 0.6) is 0 Å². The fraction of sp³-hybridized carbons (Fsp3) is 0.462. The maximum Gasteiger partial charge on any atom is 0.255 e. The lowest BCUT2D eigenvalue weighted by atomic mass is 10.0. The zero-order chi connectivity index (χ0) is 13.1. The maximum absolute atomic E-state index is 13.0. The molecule has 19 heavy (non-hydrogen) atoms. The molecule has 0 spiro atoms. The molecule has 1 aliphatic heterocycles. The standard InChI is InChI=1S/C13H16BrFN2O.ClH/c1-16-10-4-6-17(7-5-10)13(18)11-3-2-9(15)8-12(11)14;/h2-3,8,10,16H,4-7H2,1H3;1H. The molecule has 1 aromatic rings. The number of amides is 1. The van der Waals surface area contributed by atoms with E-state index in [9.17, 15) is 9.18 Å².